The fraction of sp³-hybridized carbons (Fsp3) is 0.421. The minimum absolute atomic E-state index is 0.00585. The average molecular weight is 978 g/mol. The van der Waals surface area contributed by atoms with Crippen molar-refractivity contribution in [3.8, 4) is 0 Å². The molecule has 0 N–H and O–H groups in total. The molecule has 0 atom stereocenters. The van der Waals surface area contributed by atoms with Gasteiger partial charge in [-0.2, -0.15) is 0 Å². The molecule has 4 aromatic carbocycles. The van der Waals surface area contributed by atoms with E-state index < -0.39 is 0 Å². The van der Waals surface area contributed by atoms with Gasteiger partial charge in [-0.15, -0.1) is 22.7 Å². The lowest BCUT2D eigenvalue weighted by Gasteiger charge is -2.52. The zero-order chi connectivity index (χ0) is 48.2. The number of thiophene rings is 1. The number of hydrogen-bond acceptors (Lipinski definition) is 11. The summed E-state index contributed by atoms with van der Waals surface area (Å²) in [5.41, 5.74) is 4.66. The SMILES string of the molecule is CN1CCC(CN(C(=O)c2cccs2)c2ccccc2)(N2CCN(Cc3ccccc3)CC2)CC1.CN1CCC(CN(C(=O)c2nccs2)c2ccccc2)(N2CCN(Cc3ccccc3)CC2)CC1. The van der Waals surface area contributed by atoms with Gasteiger partial charge in [0.2, 0.25) is 0 Å². The molecule has 0 aliphatic carbocycles. The lowest BCUT2D eigenvalue weighted by Crippen LogP contribution is -2.64. The van der Waals surface area contributed by atoms with Crippen molar-refractivity contribution in [2.24, 2.45) is 0 Å². The van der Waals surface area contributed by atoms with Gasteiger partial charge in [-0.3, -0.25) is 29.2 Å². The summed E-state index contributed by atoms with van der Waals surface area (Å²) in [6, 6.07) is 45.8. The van der Waals surface area contributed by atoms with Crippen LogP contribution in [0.4, 0.5) is 11.4 Å². The van der Waals surface area contributed by atoms with Crippen molar-refractivity contribution in [1.82, 2.24) is 34.4 Å². The van der Waals surface area contributed by atoms with E-state index in [1.807, 2.05) is 81.2 Å². The lowest BCUT2D eigenvalue weighted by atomic mass is 9.84. The largest absolute Gasteiger partial charge is 0.306 e. The van der Waals surface area contributed by atoms with Crippen LogP contribution < -0.4 is 9.80 Å². The smallest absolute Gasteiger partial charge is 0.287 e. The Bertz CT molecular complexity index is 2290. The number of piperidine rings is 2. The predicted molar refractivity (Wildman–Crippen MR) is 288 cm³/mol. The Morgan fingerprint density at radius 3 is 1.29 bits per heavy atom. The Morgan fingerprint density at radius 1 is 0.486 bits per heavy atom. The number of aromatic nitrogens is 1. The van der Waals surface area contributed by atoms with E-state index in [2.05, 4.69) is 121 Å². The second kappa shape index (κ2) is 23.9. The molecule has 70 heavy (non-hydrogen) atoms. The van der Waals surface area contributed by atoms with Gasteiger partial charge in [0.25, 0.3) is 11.8 Å². The molecule has 0 bridgehead atoms. The van der Waals surface area contributed by atoms with Crippen LogP contribution in [0.3, 0.4) is 0 Å². The van der Waals surface area contributed by atoms with Crippen LogP contribution >= 0.6 is 22.7 Å². The van der Waals surface area contributed by atoms with E-state index in [1.54, 1.807) is 6.20 Å². The molecule has 2 amide bonds. The third-order valence-corrected chi connectivity index (χ3v) is 16.9. The molecular weight excluding hydrogens is 907 g/mol. The van der Waals surface area contributed by atoms with Gasteiger partial charge in [-0.1, -0.05) is 103 Å². The minimum atomic E-state index is -0.0336. The van der Waals surface area contributed by atoms with Crippen molar-refractivity contribution in [2.75, 3.05) is 116 Å². The molecule has 4 aliphatic rings. The zero-order valence-electron chi connectivity index (χ0n) is 41.2. The Kier molecular flexibility index (Phi) is 17.0. The van der Waals surface area contributed by atoms with E-state index in [1.165, 1.54) is 33.8 Å². The van der Waals surface area contributed by atoms with Gasteiger partial charge in [0.05, 0.1) is 4.88 Å². The summed E-state index contributed by atoms with van der Waals surface area (Å²) >= 11 is 2.95. The number of nitrogens with zero attached hydrogens (tertiary/aromatic N) is 9. The molecule has 0 spiro atoms. The average Bonchev–Trinajstić information content (AvgIpc) is 4.17. The van der Waals surface area contributed by atoms with Crippen molar-refractivity contribution < 1.29 is 9.59 Å². The Labute approximate surface area is 424 Å². The van der Waals surface area contributed by atoms with E-state index in [0.29, 0.717) is 11.6 Å². The molecule has 10 rings (SSSR count). The lowest BCUT2D eigenvalue weighted by molar-refractivity contribution is -0.00375. The highest BCUT2D eigenvalue weighted by Crippen LogP contribution is 2.36. The molecule has 2 aromatic heterocycles. The number of piperazine rings is 2. The van der Waals surface area contributed by atoms with Gasteiger partial charge in [-0.25, -0.2) is 4.98 Å². The maximum Gasteiger partial charge on any atom is 0.287 e. The first-order valence-electron chi connectivity index (χ1n) is 25.3. The fourth-order valence-electron chi connectivity index (χ4n) is 11.0. The molecule has 368 valence electrons. The van der Waals surface area contributed by atoms with Crippen molar-refractivity contribution in [2.45, 2.75) is 49.9 Å². The van der Waals surface area contributed by atoms with Gasteiger partial charge in [0.1, 0.15) is 0 Å². The van der Waals surface area contributed by atoms with Gasteiger partial charge in [-0.05, 0) is 113 Å². The van der Waals surface area contributed by atoms with Crippen molar-refractivity contribution >= 4 is 45.9 Å². The Morgan fingerprint density at radius 2 is 0.900 bits per heavy atom. The standard InChI is InChI=1S/C29H36N4OS.C28H35N5OS/c1-30-16-14-29(15-17-30,32-20-18-31(19-21-32)23-25-9-4-2-5-10-25)24-33(26-11-6-3-7-12-26)28(34)27-13-8-22-35-27;1-30-15-12-28(13-16-30,32-19-17-31(18-20-32)22-24-8-4-2-5-9-24)23-33(25-10-6-3-7-11-25)27(34)26-29-14-21-35-26/h2-13,22H,14-21,23-24H2,1H3;2-11,14,21H,12-13,15-20,22-23H2,1H3. The van der Waals surface area contributed by atoms with Gasteiger partial charge in [0, 0.05) is 113 Å². The molecule has 4 saturated heterocycles. The summed E-state index contributed by atoms with van der Waals surface area (Å²) in [6.07, 6.45) is 6.03. The number of benzene rings is 4. The molecule has 0 unspecified atom stereocenters. The minimum Gasteiger partial charge on any atom is -0.306 e. The number of para-hydroxylation sites is 2. The zero-order valence-corrected chi connectivity index (χ0v) is 42.9. The van der Waals surface area contributed by atoms with E-state index >= 15 is 0 Å². The maximum absolute atomic E-state index is 13.7. The van der Waals surface area contributed by atoms with Crippen LogP contribution in [0.2, 0.25) is 0 Å². The Hall–Kier alpha value is -5.09. The second-order valence-electron chi connectivity index (χ2n) is 19.8. The van der Waals surface area contributed by atoms with Crippen LogP contribution in [0.15, 0.2) is 150 Å². The maximum atomic E-state index is 13.7. The normalized spacial score (nSPS) is 19.5. The monoisotopic (exact) mass is 978 g/mol. The summed E-state index contributed by atoms with van der Waals surface area (Å²) in [5.74, 6) is 0.124. The highest BCUT2D eigenvalue weighted by atomic mass is 32.1. The summed E-state index contributed by atoms with van der Waals surface area (Å²) < 4.78 is 0. The number of anilines is 2. The highest BCUT2D eigenvalue weighted by molar-refractivity contribution is 7.12. The number of amides is 2. The molecule has 0 radical (unpaired) electrons. The fourth-order valence-corrected chi connectivity index (χ4v) is 12.3. The van der Waals surface area contributed by atoms with E-state index in [0.717, 1.165) is 140 Å². The molecule has 6 heterocycles. The van der Waals surface area contributed by atoms with Crippen LogP contribution in [-0.2, 0) is 13.1 Å². The van der Waals surface area contributed by atoms with Gasteiger partial charge >= 0.3 is 0 Å². The first-order valence-corrected chi connectivity index (χ1v) is 27.1. The van der Waals surface area contributed by atoms with Crippen molar-refractivity contribution in [3.63, 3.8) is 0 Å². The third-order valence-electron chi connectivity index (χ3n) is 15.3. The molecule has 4 fully saturated rings. The number of carbonyl (C=O) groups is 2. The molecule has 0 saturated carbocycles. The molecular formula is C57H71N9O2S2. The molecule has 13 heteroatoms. The summed E-state index contributed by atoms with van der Waals surface area (Å²) in [4.78, 5) is 52.0. The second-order valence-corrected chi connectivity index (χ2v) is 21.7. The van der Waals surface area contributed by atoms with Crippen molar-refractivity contribution in [3.05, 3.63) is 171 Å². The highest BCUT2D eigenvalue weighted by Gasteiger charge is 2.45. The number of likely N-dealkylation sites (tertiary alicyclic amines) is 2. The number of thiazole rings is 1. The van der Waals surface area contributed by atoms with Crippen LogP contribution in [0.1, 0.15) is 56.3 Å². The van der Waals surface area contributed by atoms with E-state index in [-0.39, 0.29) is 22.9 Å². The molecule has 11 nitrogen and oxygen atoms in total. The topological polar surface area (TPSA) is 72.9 Å². The van der Waals surface area contributed by atoms with Crippen LogP contribution in [0.5, 0.6) is 0 Å². The molecule has 4 aliphatic heterocycles. The number of carbonyl (C=O) groups excluding carboxylic acids is 2. The third kappa shape index (κ3) is 12.5. The molecule has 6 aromatic rings. The van der Waals surface area contributed by atoms with Gasteiger partial charge in [0.15, 0.2) is 5.01 Å². The summed E-state index contributed by atoms with van der Waals surface area (Å²) in [6.45, 7) is 16.1. The van der Waals surface area contributed by atoms with Crippen molar-refractivity contribution in [1.29, 1.82) is 0 Å². The summed E-state index contributed by atoms with van der Waals surface area (Å²) in [5, 5.41) is 4.44. The number of rotatable bonds is 14. The first-order chi connectivity index (χ1) is 34.3. The van der Waals surface area contributed by atoms with Crippen LogP contribution in [0, 0.1) is 0 Å². The van der Waals surface area contributed by atoms with E-state index in [4.69, 9.17) is 0 Å². The van der Waals surface area contributed by atoms with E-state index in [9.17, 15) is 9.59 Å². The first kappa shape index (κ1) is 49.9. The van der Waals surface area contributed by atoms with Crippen LogP contribution in [0.25, 0.3) is 0 Å². The summed E-state index contributed by atoms with van der Waals surface area (Å²) in [7, 11) is 4.42. The van der Waals surface area contributed by atoms with Crippen LogP contribution in [-0.4, -0.2) is 163 Å². The van der Waals surface area contributed by atoms with Gasteiger partial charge < -0.3 is 19.6 Å². The quantitative estimate of drug-likeness (QED) is 0.107. The number of hydrogen-bond donors (Lipinski definition) is 0. The Balaban J connectivity index is 0.000000174. The predicted octanol–water partition coefficient (Wildman–Crippen LogP) is 8.75.